The minimum atomic E-state index is 0.211. The Kier molecular flexibility index (Phi) is 3.84. The van der Waals surface area contributed by atoms with Crippen molar-refractivity contribution in [2.24, 2.45) is 0 Å². The maximum Gasteiger partial charge on any atom is 0.318 e. The van der Waals surface area contributed by atoms with Crippen LogP contribution in [0.4, 0.5) is 6.01 Å². The number of aromatic nitrogens is 2. The quantitative estimate of drug-likeness (QED) is 0.810. The highest BCUT2D eigenvalue weighted by Gasteiger charge is 2.23. The van der Waals surface area contributed by atoms with Crippen molar-refractivity contribution in [3.8, 4) is 0 Å². The molecule has 1 saturated heterocycles. The Bertz CT molecular complexity index is 408. The fourth-order valence-corrected chi connectivity index (χ4v) is 1.96. The summed E-state index contributed by atoms with van der Waals surface area (Å²) in [5.74, 6) is 1.12. The van der Waals surface area contributed by atoms with Gasteiger partial charge in [0, 0.05) is 38.5 Å². The molecule has 18 heavy (non-hydrogen) atoms. The van der Waals surface area contributed by atoms with Gasteiger partial charge in [-0.3, -0.25) is 4.79 Å². The predicted molar refractivity (Wildman–Crippen MR) is 67.5 cm³/mol. The maximum absolute atomic E-state index is 11.6. The lowest BCUT2D eigenvalue weighted by atomic mass is 10.2. The van der Waals surface area contributed by atoms with E-state index in [1.807, 2.05) is 30.6 Å². The number of piperazine rings is 1. The van der Waals surface area contributed by atoms with Gasteiger partial charge in [-0.05, 0) is 0 Å². The zero-order valence-electron chi connectivity index (χ0n) is 11.2. The molecule has 0 N–H and O–H groups in total. The summed E-state index contributed by atoms with van der Waals surface area (Å²) in [6.07, 6.45) is 0.568. The van der Waals surface area contributed by atoms with Gasteiger partial charge in [-0.25, -0.2) is 0 Å². The number of rotatable bonds is 3. The highest BCUT2D eigenvalue weighted by Crippen LogP contribution is 2.19. The molecule has 1 aliphatic rings. The summed E-state index contributed by atoms with van der Waals surface area (Å²) in [6, 6.07) is 0.572. The van der Waals surface area contributed by atoms with Crippen LogP contribution in [0.5, 0.6) is 0 Å². The number of hydrogen-bond donors (Lipinski definition) is 0. The molecule has 2 heterocycles. The summed E-state index contributed by atoms with van der Waals surface area (Å²) in [4.78, 5) is 15.5. The Balaban J connectivity index is 1.94. The van der Waals surface area contributed by atoms with Crippen LogP contribution >= 0.6 is 0 Å². The van der Waals surface area contributed by atoms with Gasteiger partial charge in [0.05, 0.1) is 0 Å². The summed E-state index contributed by atoms with van der Waals surface area (Å²) in [7, 11) is 0. The second-order valence-corrected chi connectivity index (χ2v) is 4.80. The van der Waals surface area contributed by atoms with E-state index < -0.39 is 0 Å². The van der Waals surface area contributed by atoms with Gasteiger partial charge in [-0.15, -0.1) is 5.10 Å². The number of carbonyl (C=O) groups excluding carboxylic acids is 1. The van der Waals surface area contributed by atoms with Crippen LogP contribution in [0.3, 0.4) is 0 Å². The fraction of sp³-hybridized carbons (Fsp3) is 0.750. The van der Waals surface area contributed by atoms with Crippen molar-refractivity contribution < 1.29 is 9.21 Å². The van der Waals surface area contributed by atoms with E-state index in [4.69, 9.17) is 4.42 Å². The van der Waals surface area contributed by atoms with Crippen LogP contribution in [0.25, 0.3) is 0 Å². The minimum Gasteiger partial charge on any atom is -0.408 e. The van der Waals surface area contributed by atoms with E-state index in [9.17, 15) is 4.79 Å². The number of carbonyl (C=O) groups is 1. The number of anilines is 1. The molecular weight excluding hydrogens is 232 g/mol. The second kappa shape index (κ2) is 5.37. The molecule has 1 fully saturated rings. The van der Waals surface area contributed by atoms with Crippen LogP contribution in [-0.4, -0.2) is 47.2 Å². The highest BCUT2D eigenvalue weighted by atomic mass is 16.4. The third-order valence-corrected chi connectivity index (χ3v) is 3.13. The Hall–Kier alpha value is -1.59. The summed E-state index contributed by atoms with van der Waals surface area (Å²) < 4.78 is 5.61. The Morgan fingerprint density at radius 1 is 1.28 bits per heavy atom. The smallest absolute Gasteiger partial charge is 0.318 e. The average Bonchev–Trinajstić information content (AvgIpc) is 2.88. The molecule has 0 saturated carbocycles. The Morgan fingerprint density at radius 2 is 1.94 bits per heavy atom. The lowest BCUT2D eigenvalue weighted by molar-refractivity contribution is -0.131. The normalized spacial score (nSPS) is 16.4. The molecule has 0 aliphatic carbocycles. The van der Waals surface area contributed by atoms with E-state index in [1.165, 1.54) is 0 Å². The topological polar surface area (TPSA) is 62.5 Å². The first-order valence-electron chi connectivity index (χ1n) is 6.48. The van der Waals surface area contributed by atoms with Gasteiger partial charge >= 0.3 is 6.01 Å². The van der Waals surface area contributed by atoms with Crippen molar-refractivity contribution in [3.63, 3.8) is 0 Å². The van der Waals surface area contributed by atoms with Gasteiger partial charge in [0.25, 0.3) is 0 Å². The average molecular weight is 252 g/mol. The zero-order valence-corrected chi connectivity index (χ0v) is 11.2. The second-order valence-electron chi connectivity index (χ2n) is 4.80. The van der Waals surface area contributed by atoms with E-state index in [1.54, 1.807) is 0 Å². The van der Waals surface area contributed by atoms with Crippen molar-refractivity contribution >= 4 is 11.9 Å². The molecule has 0 spiro atoms. The molecule has 0 bridgehead atoms. The SMILES string of the molecule is CCC(=O)N1CCN(c2nnc(C(C)C)o2)CC1. The number of amides is 1. The van der Waals surface area contributed by atoms with Crippen LogP contribution in [0, 0.1) is 0 Å². The first-order valence-corrected chi connectivity index (χ1v) is 6.48. The summed E-state index contributed by atoms with van der Waals surface area (Å²) in [5.41, 5.74) is 0. The van der Waals surface area contributed by atoms with Gasteiger partial charge in [0.15, 0.2) is 0 Å². The molecule has 100 valence electrons. The third kappa shape index (κ3) is 2.63. The molecule has 1 aromatic heterocycles. The summed E-state index contributed by atoms with van der Waals surface area (Å²) in [6.45, 7) is 8.90. The van der Waals surface area contributed by atoms with Crippen molar-refractivity contribution in [2.45, 2.75) is 33.1 Å². The summed E-state index contributed by atoms with van der Waals surface area (Å²) >= 11 is 0. The molecule has 2 rings (SSSR count). The van der Waals surface area contributed by atoms with E-state index in [0.717, 1.165) is 26.2 Å². The van der Waals surface area contributed by atoms with Crippen LogP contribution in [0.2, 0.25) is 0 Å². The van der Waals surface area contributed by atoms with E-state index in [2.05, 4.69) is 10.2 Å². The maximum atomic E-state index is 11.6. The van der Waals surface area contributed by atoms with Crippen LogP contribution in [0.15, 0.2) is 4.42 Å². The highest BCUT2D eigenvalue weighted by molar-refractivity contribution is 5.76. The van der Waals surface area contributed by atoms with Crippen molar-refractivity contribution in [3.05, 3.63) is 5.89 Å². The van der Waals surface area contributed by atoms with E-state index in [0.29, 0.717) is 18.3 Å². The standard InChI is InChI=1S/C12H20N4O2/c1-4-10(17)15-5-7-16(8-6-15)12-14-13-11(18-12)9(2)3/h9H,4-8H2,1-3H3. The Morgan fingerprint density at radius 3 is 2.44 bits per heavy atom. The van der Waals surface area contributed by atoms with Crippen molar-refractivity contribution in [2.75, 3.05) is 31.1 Å². The molecule has 0 unspecified atom stereocenters. The minimum absolute atomic E-state index is 0.211. The molecule has 6 heteroatoms. The first kappa shape index (κ1) is 12.9. The van der Waals surface area contributed by atoms with Crippen LogP contribution < -0.4 is 4.90 Å². The van der Waals surface area contributed by atoms with Crippen LogP contribution in [0.1, 0.15) is 39.0 Å². The molecule has 0 aromatic carbocycles. The monoisotopic (exact) mass is 252 g/mol. The van der Waals surface area contributed by atoms with Crippen molar-refractivity contribution in [1.29, 1.82) is 0 Å². The number of hydrogen-bond acceptors (Lipinski definition) is 5. The molecule has 1 aromatic rings. The van der Waals surface area contributed by atoms with Gasteiger partial charge < -0.3 is 14.2 Å². The zero-order chi connectivity index (χ0) is 13.1. The largest absolute Gasteiger partial charge is 0.408 e. The van der Waals surface area contributed by atoms with Gasteiger partial charge in [0.2, 0.25) is 11.8 Å². The summed E-state index contributed by atoms with van der Waals surface area (Å²) in [5, 5.41) is 8.08. The molecule has 1 aliphatic heterocycles. The lowest BCUT2D eigenvalue weighted by Crippen LogP contribution is -2.48. The molecule has 6 nitrogen and oxygen atoms in total. The van der Waals surface area contributed by atoms with Crippen LogP contribution in [-0.2, 0) is 4.79 Å². The van der Waals surface area contributed by atoms with E-state index in [-0.39, 0.29) is 11.8 Å². The molecule has 1 amide bonds. The van der Waals surface area contributed by atoms with Crippen molar-refractivity contribution in [1.82, 2.24) is 15.1 Å². The lowest BCUT2D eigenvalue weighted by Gasteiger charge is -2.33. The first-order chi connectivity index (χ1) is 8.61. The third-order valence-electron chi connectivity index (χ3n) is 3.13. The molecule has 0 atom stereocenters. The van der Waals surface area contributed by atoms with Gasteiger partial charge in [-0.1, -0.05) is 25.9 Å². The van der Waals surface area contributed by atoms with Gasteiger partial charge in [-0.2, -0.15) is 0 Å². The molecule has 0 radical (unpaired) electrons. The predicted octanol–water partition coefficient (Wildman–Crippen LogP) is 1.25. The van der Waals surface area contributed by atoms with E-state index >= 15 is 0 Å². The Labute approximate surface area is 107 Å². The fourth-order valence-electron chi connectivity index (χ4n) is 1.96. The molecular formula is C12H20N4O2. The van der Waals surface area contributed by atoms with Gasteiger partial charge in [0.1, 0.15) is 0 Å². The number of nitrogens with zero attached hydrogens (tertiary/aromatic N) is 4.